The Balaban J connectivity index is 2.50. The van der Waals surface area contributed by atoms with E-state index in [1.54, 1.807) is 4.90 Å². The summed E-state index contributed by atoms with van der Waals surface area (Å²) in [6, 6.07) is 5.29. The van der Waals surface area contributed by atoms with E-state index in [-0.39, 0.29) is 5.91 Å². The summed E-state index contributed by atoms with van der Waals surface area (Å²) in [7, 11) is 3.66. The zero-order valence-electron chi connectivity index (χ0n) is 10.2. The van der Waals surface area contributed by atoms with Crippen molar-refractivity contribution in [2.24, 2.45) is 5.73 Å². The van der Waals surface area contributed by atoms with Crippen LogP contribution in [0.25, 0.3) is 11.0 Å². The van der Waals surface area contributed by atoms with Gasteiger partial charge in [-0.3, -0.25) is 9.69 Å². The Bertz CT molecular complexity index is 559. The summed E-state index contributed by atoms with van der Waals surface area (Å²) < 4.78 is 0. The second-order valence-electron chi connectivity index (χ2n) is 4.37. The highest BCUT2D eigenvalue weighted by Crippen LogP contribution is 2.21. The smallest absolute Gasteiger partial charge is 0.239 e. The first-order valence-corrected chi connectivity index (χ1v) is 5.41. The summed E-state index contributed by atoms with van der Waals surface area (Å²) >= 11 is 0. The molecule has 1 aromatic carbocycles. The van der Waals surface area contributed by atoms with Crippen LogP contribution in [0.5, 0.6) is 0 Å². The molecule has 0 spiro atoms. The van der Waals surface area contributed by atoms with Crippen molar-refractivity contribution in [2.45, 2.75) is 13.0 Å². The van der Waals surface area contributed by atoms with Crippen molar-refractivity contribution in [3.05, 3.63) is 29.6 Å². The summed E-state index contributed by atoms with van der Waals surface area (Å²) in [4.78, 5) is 20.7. The van der Waals surface area contributed by atoms with E-state index in [9.17, 15) is 4.79 Å². The molecule has 1 heterocycles. The molecule has 1 amide bonds. The maximum Gasteiger partial charge on any atom is 0.239 e. The van der Waals surface area contributed by atoms with Crippen LogP contribution in [0, 0.1) is 6.92 Å². The van der Waals surface area contributed by atoms with Gasteiger partial charge >= 0.3 is 0 Å². The van der Waals surface area contributed by atoms with Crippen LogP contribution in [0.2, 0.25) is 0 Å². The van der Waals surface area contributed by atoms with Gasteiger partial charge < -0.3 is 10.7 Å². The number of benzene rings is 1. The minimum absolute atomic E-state index is 0.356. The van der Waals surface area contributed by atoms with Gasteiger partial charge in [0, 0.05) is 0 Å². The topological polar surface area (TPSA) is 75.0 Å². The molecule has 1 unspecified atom stereocenters. The molecule has 0 aliphatic rings. The molecular weight excluding hydrogens is 216 g/mol. The van der Waals surface area contributed by atoms with E-state index in [0.717, 1.165) is 22.4 Å². The average molecular weight is 232 g/mol. The molecule has 0 aliphatic carbocycles. The molecule has 2 aromatic rings. The van der Waals surface area contributed by atoms with Crippen LogP contribution in [0.4, 0.5) is 0 Å². The molecule has 2 rings (SSSR count). The molecule has 17 heavy (non-hydrogen) atoms. The lowest BCUT2D eigenvalue weighted by atomic mass is 10.0. The van der Waals surface area contributed by atoms with Crippen molar-refractivity contribution in [1.29, 1.82) is 0 Å². The van der Waals surface area contributed by atoms with E-state index in [4.69, 9.17) is 5.73 Å². The highest BCUT2D eigenvalue weighted by Gasteiger charge is 2.20. The largest absolute Gasteiger partial charge is 0.368 e. The van der Waals surface area contributed by atoms with Gasteiger partial charge in [-0.1, -0.05) is 6.07 Å². The summed E-state index contributed by atoms with van der Waals surface area (Å²) in [5.74, 6) is 0.503. The van der Waals surface area contributed by atoms with E-state index >= 15 is 0 Å². The number of amides is 1. The van der Waals surface area contributed by atoms with E-state index in [0.29, 0.717) is 0 Å². The number of hydrogen-bond donors (Lipinski definition) is 2. The third-order valence-electron chi connectivity index (χ3n) is 2.73. The Morgan fingerprint density at radius 1 is 1.47 bits per heavy atom. The molecule has 5 heteroatoms. The second-order valence-corrected chi connectivity index (χ2v) is 4.37. The first-order valence-electron chi connectivity index (χ1n) is 5.41. The standard InChI is InChI=1S/C12H16N4O/c1-7-14-9-5-4-8(6-10(9)15-7)11(12(13)17)16(2)3/h4-6,11H,1-3H3,(H2,13,17)(H,14,15). The number of carbonyl (C=O) groups excluding carboxylic acids is 1. The summed E-state index contributed by atoms with van der Waals surface area (Å²) in [6.07, 6.45) is 0. The summed E-state index contributed by atoms with van der Waals surface area (Å²) in [5.41, 5.74) is 8.11. The lowest BCUT2D eigenvalue weighted by Crippen LogP contribution is -2.32. The number of nitrogens with one attached hydrogen (secondary N) is 1. The van der Waals surface area contributed by atoms with Crippen molar-refractivity contribution < 1.29 is 4.79 Å². The SMILES string of the molecule is Cc1nc2ccc(C(C(N)=O)N(C)C)cc2[nH]1. The lowest BCUT2D eigenvalue weighted by Gasteiger charge is -2.21. The predicted molar refractivity (Wildman–Crippen MR) is 66.5 cm³/mol. The Kier molecular flexibility index (Phi) is 2.85. The molecule has 3 N–H and O–H groups in total. The maximum atomic E-state index is 11.4. The van der Waals surface area contributed by atoms with Gasteiger partial charge in [0.05, 0.1) is 11.0 Å². The van der Waals surface area contributed by atoms with Crippen molar-refractivity contribution in [2.75, 3.05) is 14.1 Å². The fourth-order valence-electron chi connectivity index (χ4n) is 2.04. The highest BCUT2D eigenvalue weighted by atomic mass is 16.1. The van der Waals surface area contributed by atoms with Crippen LogP contribution in [-0.4, -0.2) is 34.9 Å². The number of primary amides is 1. The Hall–Kier alpha value is -1.88. The first-order chi connectivity index (χ1) is 7.99. The number of likely N-dealkylation sites (N-methyl/N-ethyl adjacent to an activating group) is 1. The number of nitrogens with zero attached hydrogens (tertiary/aromatic N) is 2. The van der Waals surface area contributed by atoms with E-state index in [1.807, 2.05) is 39.2 Å². The zero-order chi connectivity index (χ0) is 12.6. The number of hydrogen-bond acceptors (Lipinski definition) is 3. The molecule has 1 aromatic heterocycles. The fraction of sp³-hybridized carbons (Fsp3) is 0.333. The molecule has 1 atom stereocenters. The van der Waals surface area contributed by atoms with E-state index in [1.165, 1.54) is 0 Å². The predicted octanol–water partition coefficient (Wildman–Crippen LogP) is 0.959. The minimum Gasteiger partial charge on any atom is -0.368 e. The number of aryl methyl sites for hydroxylation is 1. The third kappa shape index (κ3) is 2.14. The molecule has 0 fully saturated rings. The Morgan fingerprint density at radius 3 is 2.76 bits per heavy atom. The van der Waals surface area contributed by atoms with Crippen LogP contribution in [-0.2, 0) is 4.79 Å². The normalized spacial score (nSPS) is 13.2. The lowest BCUT2D eigenvalue weighted by molar-refractivity contribution is -0.122. The Morgan fingerprint density at radius 2 is 2.18 bits per heavy atom. The monoisotopic (exact) mass is 232 g/mol. The van der Waals surface area contributed by atoms with E-state index in [2.05, 4.69) is 9.97 Å². The first kappa shape index (κ1) is 11.6. The molecule has 90 valence electrons. The van der Waals surface area contributed by atoms with Gasteiger partial charge in [-0.15, -0.1) is 0 Å². The fourth-order valence-corrected chi connectivity index (χ4v) is 2.04. The minimum atomic E-state index is -0.414. The highest BCUT2D eigenvalue weighted by molar-refractivity contribution is 5.84. The van der Waals surface area contributed by atoms with Crippen LogP contribution >= 0.6 is 0 Å². The van der Waals surface area contributed by atoms with Crippen LogP contribution in [0.15, 0.2) is 18.2 Å². The molecule has 0 bridgehead atoms. The number of fused-ring (bicyclic) bond motifs is 1. The number of rotatable bonds is 3. The Labute approximate surface area is 99.6 Å². The van der Waals surface area contributed by atoms with Gasteiger partial charge in [0.25, 0.3) is 0 Å². The third-order valence-corrected chi connectivity index (χ3v) is 2.73. The molecule has 0 aliphatic heterocycles. The second kappa shape index (κ2) is 4.18. The average Bonchev–Trinajstić information content (AvgIpc) is 2.56. The number of nitrogens with two attached hydrogens (primary N) is 1. The van der Waals surface area contributed by atoms with Gasteiger partial charge in [-0.05, 0) is 38.7 Å². The molecule has 0 saturated carbocycles. The zero-order valence-corrected chi connectivity index (χ0v) is 10.2. The van der Waals surface area contributed by atoms with E-state index < -0.39 is 6.04 Å². The van der Waals surface area contributed by atoms with Crippen LogP contribution in [0.3, 0.4) is 0 Å². The van der Waals surface area contributed by atoms with Gasteiger partial charge in [0.1, 0.15) is 11.9 Å². The van der Waals surface area contributed by atoms with Crippen molar-refractivity contribution in [3.63, 3.8) is 0 Å². The number of imidazole rings is 1. The van der Waals surface area contributed by atoms with Gasteiger partial charge in [0.15, 0.2) is 0 Å². The number of carbonyl (C=O) groups is 1. The van der Waals surface area contributed by atoms with Gasteiger partial charge in [-0.25, -0.2) is 4.98 Å². The summed E-state index contributed by atoms with van der Waals surface area (Å²) in [5, 5.41) is 0. The van der Waals surface area contributed by atoms with Crippen molar-refractivity contribution >= 4 is 16.9 Å². The molecule has 0 radical (unpaired) electrons. The maximum absolute atomic E-state index is 11.4. The van der Waals surface area contributed by atoms with Gasteiger partial charge in [-0.2, -0.15) is 0 Å². The quantitative estimate of drug-likeness (QED) is 0.827. The number of aromatic amines is 1. The summed E-state index contributed by atoms with van der Waals surface area (Å²) in [6.45, 7) is 1.90. The number of H-pyrrole nitrogens is 1. The van der Waals surface area contributed by atoms with Crippen LogP contribution in [0.1, 0.15) is 17.4 Å². The molecule has 5 nitrogen and oxygen atoms in total. The van der Waals surface area contributed by atoms with Crippen molar-refractivity contribution in [3.8, 4) is 0 Å². The molecule has 0 saturated heterocycles. The van der Waals surface area contributed by atoms with Crippen LogP contribution < -0.4 is 5.73 Å². The van der Waals surface area contributed by atoms with Gasteiger partial charge in [0.2, 0.25) is 5.91 Å². The number of aromatic nitrogens is 2. The molecular formula is C12H16N4O. The van der Waals surface area contributed by atoms with Crippen molar-refractivity contribution in [1.82, 2.24) is 14.9 Å².